The van der Waals surface area contributed by atoms with Crippen LogP contribution in [0, 0.1) is 5.92 Å². The molecule has 16 heavy (non-hydrogen) atoms. The first-order chi connectivity index (χ1) is 7.68. The predicted molar refractivity (Wildman–Crippen MR) is 58.0 cm³/mol. The summed E-state index contributed by atoms with van der Waals surface area (Å²) in [7, 11) is 0. The van der Waals surface area contributed by atoms with Gasteiger partial charge in [0.15, 0.2) is 0 Å². The van der Waals surface area contributed by atoms with Crippen molar-refractivity contribution in [2.75, 3.05) is 19.8 Å². The quantitative estimate of drug-likeness (QED) is 0.660. The van der Waals surface area contributed by atoms with E-state index in [0.717, 1.165) is 19.4 Å². The Morgan fingerprint density at radius 2 is 2.25 bits per heavy atom. The van der Waals surface area contributed by atoms with Gasteiger partial charge >= 0.3 is 5.97 Å². The Morgan fingerprint density at radius 3 is 2.88 bits per heavy atom. The van der Waals surface area contributed by atoms with Gasteiger partial charge in [-0.15, -0.1) is 0 Å². The van der Waals surface area contributed by atoms with Crippen molar-refractivity contribution < 1.29 is 19.4 Å². The third kappa shape index (κ3) is 5.70. The average molecular weight is 229 g/mol. The van der Waals surface area contributed by atoms with Gasteiger partial charge in [0.05, 0.1) is 0 Å². The van der Waals surface area contributed by atoms with Crippen LogP contribution in [0.1, 0.15) is 32.1 Å². The second-order valence-corrected chi connectivity index (χ2v) is 4.13. The molecule has 1 aliphatic heterocycles. The van der Waals surface area contributed by atoms with Gasteiger partial charge in [-0.1, -0.05) is 0 Å². The van der Waals surface area contributed by atoms with Crippen LogP contribution in [0.4, 0.5) is 0 Å². The molecule has 92 valence electrons. The monoisotopic (exact) mass is 229 g/mol. The summed E-state index contributed by atoms with van der Waals surface area (Å²) in [5.74, 6) is -0.496. The minimum Gasteiger partial charge on any atom is -0.481 e. The van der Waals surface area contributed by atoms with Gasteiger partial charge in [0.2, 0.25) is 5.91 Å². The fraction of sp³-hybridized carbons (Fsp3) is 0.818. The molecule has 0 saturated carbocycles. The molecule has 2 N–H and O–H groups in total. The number of hydrogen-bond donors (Lipinski definition) is 2. The lowest BCUT2D eigenvalue weighted by atomic mass is 9.98. The molecule has 0 radical (unpaired) electrons. The summed E-state index contributed by atoms with van der Waals surface area (Å²) in [5.41, 5.74) is 0. The van der Waals surface area contributed by atoms with Crippen molar-refractivity contribution in [3.8, 4) is 0 Å². The van der Waals surface area contributed by atoms with E-state index in [4.69, 9.17) is 9.84 Å². The van der Waals surface area contributed by atoms with Crippen molar-refractivity contribution in [2.45, 2.75) is 32.1 Å². The third-order valence-corrected chi connectivity index (χ3v) is 2.62. The Bertz CT molecular complexity index is 236. The van der Waals surface area contributed by atoms with Gasteiger partial charge in [0, 0.05) is 32.6 Å². The normalized spacial score (nSPS) is 20.4. The molecule has 1 fully saturated rings. The van der Waals surface area contributed by atoms with Gasteiger partial charge in [-0.25, -0.2) is 0 Å². The lowest BCUT2D eigenvalue weighted by Gasteiger charge is -2.21. The zero-order valence-electron chi connectivity index (χ0n) is 9.41. The highest BCUT2D eigenvalue weighted by Crippen LogP contribution is 2.16. The number of ether oxygens (including phenoxy) is 1. The van der Waals surface area contributed by atoms with E-state index in [1.165, 1.54) is 0 Å². The zero-order chi connectivity index (χ0) is 11.8. The number of amides is 1. The summed E-state index contributed by atoms with van der Waals surface area (Å²) in [6, 6.07) is 0. The van der Waals surface area contributed by atoms with Crippen molar-refractivity contribution in [3.05, 3.63) is 0 Å². The summed E-state index contributed by atoms with van der Waals surface area (Å²) in [5, 5.41) is 11.1. The first-order valence-electron chi connectivity index (χ1n) is 5.74. The topological polar surface area (TPSA) is 75.6 Å². The molecule has 0 aromatic rings. The first-order valence-corrected chi connectivity index (χ1v) is 5.74. The number of rotatable bonds is 6. The van der Waals surface area contributed by atoms with Crippen molar-refractivity contribution in [3.63, 3.8) is 0 Å². The molecule has 1 amide bonds. The minimum absolute atomic E-state index is 0.000823. The lowest BCUT2D eigenvalue weighted by Crippen LogP contribution is -2.29. The second kappa shape index (κ2) is 7.22. The van der Waals surface area contributed by atoms with Gasteiger partial charge in [0.1, 0.15) is 0 Å². The van der Waals surface area contributed by atoms with E-state index in [-0.39, 0.29) is 12.3 Å². The van der Waals surface area contributed by atoms with E-state index in [2.05, 4.69) is 5.32 Å². The highest BCUT2D eigenvalue weighted by atomic mass is 16.5. The molecule has 1 rings (SSSR count). The average Bonchev–Trinajstić information content (AvgIpc) is 2.25. The highest BCUT2D eigenvalue weighted by Gasteiger charge is 2.17. The van der Waals surface area contributed by atoms with Crippen molar-refractivity contribution in [1.29, 1.82) is 0 Å². The molecule has 0 aromatic heterocycles. The number of hydrogen-bond acceptors (Lipinski definition) is 3. The molecule has 0 bridgehead atoms. The third-order valence-electron chi connectivity index (χ3n) is 2.62. The van der Waals surface area contributed by atoms with Crippen molar-refractivity contribution >= 4 is 11.9 Å². The molecule has 1 heterocycles. The standard InChI is InChI=1S/C11H19NO4/c13-10(12-5-1-4-11(14)15)7-9-3-2-6-16-8-9/h9H,1-8H2,(H,12,13)(H,14,15). The van der Waals surface area contributed by atoms with Gasteiger partial charge in [-0.3, -0.25) is 9.59 Å². The summed E-state index contributed by atoms with van der Waals surface area (Å²) in [6.07, 6.45) is 3.15. The van der Waals surface area contributed by atoms with Crippen molar-refractivity contribution in [2.24, 2.45) is 5.92 Å². The molecule has 5 heteroatoms. The lowest BCUT2D eigenvalue weighted by molar-refractivity contribution is -0.137. The summed E-state index contributed by atoms with van der Waals surface area (Å²) in [4.78, 5) is 21.7. The Hall–Kier alpha value is -1.10. The van der Waals surface area contributed by atoms with Gasteiger partial charge in [0.25, 0.3) is 0 Å². The number of aliphatic carboxylic acids is 1. The summed E-state index contributed by atoms with van der Waals surface area (Å²) >= 11 is 0. The van der Waals surface area contributed by atoms with Crippen LogP contribution in [0.2, 0.25) is 0 Å². The van der Waals surface area contributed by atoms with E-state index in [1.54, 1.807) is 0 Å². The van der Waals surface area contributed by atoms with Crippen LogP contribution < -0.4 is 5.32 Å². The molecular formula is C11H19NO4. The highest BCUT2D eigenvalue weighted by molar-refractivity contribution is 5.76. The molecule has 1 atom stereocenters. The van der Waals surface area contributed by atoms with E-state index in [1.807, 2.05) is 0 Å². The summed E-state index contributed by atoms with van der Waals surface area (Å²) in [6.45, 7) is 1.91. The van der Waals surface area contributed by atoms with Crippen LogP contribution in [0.15, 0.2) is 0 Å². The number of carbonyl (C=O) groups is 2. The van der Waals surface area contributed by atoms with E-state index >= 15 is 0 Å². The molecule has 1 unspecified atom stereocenters. The molecule has 5 nitrogen and oxygen atoms in total. The predicted octanol–water partition coefficient (Wildman–Crippen LogP) is 0.784. The molecule has 0 aromatic carbocycles. The fourth-order valence-corrected chi connectivity index (χ4v) is 1.77. The minimum atomic E-state index is -0.824. The number of carboxylic acid groups (broad SMARTS) is 1. The Labute approximate surface area is 95.2 Å². The smallest absolute Gasteiger partial charge is 0.303 e. The second-order valence-electron chi connectivity index (χ2n) is 4.13. The molecule has 0 aliphatic carbocycles. The zero-order valence-corrected chi connectivity index (χ0v) is 9.41. The van der Waals surface area contributed by atoms with Gasteiger partial charge < -0.3 is 15.2 Å². The Balaban J connectivity index is 2.03. The van der Waals surface area contributed by atoms with E-state index < -0.39 is 5.97 Å². The number of carboxylic acids is 1. The van der Waals surface area contributed by atoms with Crippen LogP contribution in [0.25, 0.3) is 0 Å². The largest absolute Gasteiger partial charge is 0.481 e. The fourth-order valence-electron chi connectivity index (χ4n) is 1.77. The Kier molecular flexibility index (Phi) is 5.85. The number of carbonyl (C=O) groups excluding carboxylic acids is 1. The maximum absolute atomic E-state index is 11.4. The van der Waals surface area contributed by atoms with E-state index in [9.17, 15) is 9.59 Å². The van der Waals surface area contributed by atoms with E-state index in [0.29, 0.717) is 31.9 Å². The van der Waals surface area contributed by atoms with Crippen LogP contribution in [0.3, 0.4) is 0 Å². The number of nitrogens with one attached hydrogen (secondary N) is 1. The SMILES string of the molecule is O=C(O)CCCNC(=O)CC1CCCOC1. The molecule has 1 saturated heterocycles. The maximum atomic E-state index is 11.4. The van der Waals surface area contributed by atoms with Crippen molar-refractivity contribution in [1.82, 2.24) is 5.32 Å². The Morgan fingerprint density at radius 1 is 1.44 bits per heavy atom. The molecular weight excluding hydrogens is 210 g/mol. The van der Waals surface area contributed by atoms with Crippen LogP contribution in [-0.2, 0) is 14.3 Å². The van der Waals surface area contributed by atoms with Gasteiger partial charge in [-0.2, -0.15) is 0 Å². The maximum Gasteiger partial charge on any atom is 0.303 e. The van der Waals surface area contributed by atoms with Gasteiger partial charge in [-0.05, 0) is 25.2 Å². The van der Waals surface area contributed by atoms with Crippen LogP contribution in [-0.4, -0.2) is 36.7 Å². The van der Waals surface area contributed by atoms with Crippen LogP contribution in [0.5, 0.6) is 0 Å². The summed E-state index contributed by atoms with van der Waals surface area (Å²) < 4.78 is 5.28. The molecule has 1 aliphatic rings. The van der Waals surface area contributed by atoms with Crippen LogP contribution >= 0.6 is 0 Å². The molecule has 0 spiro atoms. The first kappa shape index (κ1) is 13.0.